The number of hydrogen-bond donors (Lipinski definition) is 2. The van der Waals surface area contributed by atoms with Gasteiger partial charge in [0.2, 0.25) is 0 Å². The Morgan fingerprint density at radius 1 is 0.889 bits per heavy atom. The fraction of sp³-hybridized carbons (Fsp3) is 0.286. The SMILES string of the molecule is N[C@@H](Cc1ccccc1)C(=O)C[C@H](CC(=O)OCc1ccccc1)C(=O)O. The third-order valence-electron chi connectivity index (χ3n) is 4.16. The van der Waals surface area contributed by atoms with Crippen LogP contribution in [0, 0.1) is 5.92 Å². The first-order chi connectivity index (χ1) is 13.0. The number of ether oxygens (including phenoxy) is 1. The van der Waals surface area contributed by atoms with E-state index >= 15 is 0 Å². The largest absolute Gasteiger partial charge is 0.481 e. The van der Waals surface area contributed by atoms with Crippen LogP contribution in [0.15, 0.2) is 60.7 Å². The third-order valence-corrected chi connectivity index (χ3v) is 4.16. The Balaban J connectivity index is 1.85. The lowest BCUT2D eigenvalue weighted by atomic mass is 9.93. The zero-order chi connectivity index (χ0) is 19.6. The topological polar surface area (TPSA) is 107 Å². The predicted octanol–water partition coefficient (Wildman–Crippen LogP) is 2.35. The van der Waals surface area contributed by atoms with E-state index in [0.29, 0.717) is 6.42 Å². The highest BCUT2D eigenvalue weighted by Crippen LogP contribution is 2.14. The molecule has 0 unspecified atom stereocenters. The van der Waals surface area contributed by atoms with Crippen molar-refractivity contribution in [2.75, 3.05) is 0 Å². The number of aliphatic carboxylic acids is 1. The first kappa shape index (κ1) is 20.3. The van der Waals surface area contributed by atoms with Crippen LogP contribution in [0.25, 0.3) is 0 Å². The Morgan fingerprint density at radius 2 is 1.44 bits per heavy atom. The molecule has 0 saturated heterocycles. The minimum atomic E-state index is -1.22. The van der Waals surface area contributed by atoms with E-state index in [-0.39, 0.29) is 25.2 Å². The van der Waals surface area contributed by atoms with E-state index in [2.05, 4.69) is 0 Å². The lowest BCUT2D eigenvalue weighted by Gasteiger charge is -2.15. The highest BCUT2D eigenvalue weighted by Gasteiger charge is 2.27. The van der Waals surface area contributed by atoms with Crippen LogP contribution in [-0.4, -0.2) is 28.9 Å². The number of rotatable bonds is 10. The molecule has 3 N–H and O–H groups in total. The van der Waals surface area contributed by atoms with Crippen LogP contribution in [-0.2, 0) is 32.1 Å². The second kappa shape index (κ2) is 10.2. The highest BCUT2D eigenvalue weighted by molar-refractivity contribution is 5.89. The highest BCUT2D eigenvalue weighted by atomic mass is 16.5. The molecule has 0 heterocycles. The maximum absolute atomic E-state index is 12.3. The molecule has 2 aromatic rings. The molecule has 0 aliphatic carbocycles. The summed E-state index contributed by atoms with van der Waals surface area (Å²) in [6, 6.07) is 17.5. The van der Waals surface area contributed by atoms with Gasteiger partial charge in [0.05, 0.1) is 18.4 Å². The van der Waals surface area contributed by atoms with Gasteiger partial charge < -0.3 is 15.6 Å². The predicted molar refractivity (Wildman–Crippen MR) is 99.7 cm³/mol. The monoisotopic (exact) mass is 369 g/mol. The van der Waals surface area contributed by atoms with E-state index in [1.165, 1.54) is 0 Å². The summed E-state index contributed by atoms with van der Waals surface area (Å²) in [7, 11) is 0. The Morgan fingerprint density at radius 3 is 2.00 bits per heavy atom. The van der Waals surface area contributed by atoms with E-state index in [0.717, 1.165) is 11.1 Å². The zero-order valence-corrected chi connectivity index (χ0v) is 14.9. The Bertz CT molecular complexity index is 761. The molecule has 142 valence electrons. The van der Waals surface area contributed by atoms with Crippen molar-refractivity contribution in [3.05, 3.63) is 71.8 Å². The molecule has 6 nitrogen and oxygen atoms in total. The Hall–Kier alpha value is -2.99. The van der Waals surface area contributed by atoms with Gasteiger partial charge in [-0.15, -0.1) is 0 Å². The Labute approximate surface area is 158 Å². The molecule has 0 spiro atoms. The molecular formula is C21H23NO5. The molecule has 0 amide bonds. The van der Waals surface area contributed by atoms with Crippen LogP contribution in [0.3, 0.4) is 0 Å². The van der Waals surface area contributed by atoms with Gasteiger partial charge in [-0.2, -0.15) is 0 Å². The second-order valence-corrected chi connectivity index (χ2v) is 6.35. The molecule has 2 atom stereocenters. The molecule has 0 bridgehead atoms. The van der Waals surface area contributed by atoms with Crippen molar-refractivity contribution in [1.82, 2.24) is 0 Å². The van der Waals surface area contributed by atoms with Crippen LogP contribution in [0.1, 0.15) is 24.0 Å². The molecule has 6 heteroatoms. The number of nitrogens with two attached hydrogens (primary N) is 1. The van der Waals surface area contributed by atoms with Crippen molar-refractivity contribution in [2.45, 2.75) is 31.9 Å². The van der Waals surface area contributed by atoms with Crippen LogP contribution in [0.4, 0.5) is 0 Å². The normalized spacial score (nSPS) is 12.8. The van der Waals surface area contributed by atoms with E-state index in [9.17, 15) is 19.5 Å². The first-order valence-electron chi connectivity index (χ1n) is 8.70. The molecule has 0 aliphatic heterocycles. The number of carboxylic acid groups (broad SMARTS) is 1. The van der Waals surface area contributed by atoms with E-state index < -0.39 is 23.9 Å². The molecule has 2 rings (SSSR count). The van der Waals surface area contributed by atoms with E-state index in [4.69, 9.17) is 10.5 Å². The molecule has 2 aromatic carbocycles. The van der Waals surface area contributed by atoms with Crippen molar-refractivity contribution in [2.24, 2.45) is 11.7 Å². The van der Waals surface area contributed by atoms with Gasteiger partial charge in [-0.3, -0.25) is 14.4 Å². The van der Waals surface area contributed by atoms with Crippen LogP contribution < -0.4 is 5.73 Å². The lowest BCUT2D eigenvalue weighted by Crippen LogP contribution is -2.35. The first-order valence-corrected chi connectivity index (χ1v) is 8.70. The van der Waals surface area contributed by atoms with Gasteiger partial charge in [-0.25, -0.2) is 0 Å². The molecule has 0 radical (unpaired) electrons. The smallest absolute Gasteiger partial charge is 0.307 e. The summed E-state index contributed by atoms with van der Waals surface area (Å²) in [4.78, 5) is 35.7. The minimum absolute atomic E-state index is 0.0630. The van der Waals surface area contributed by atoms with Crippen LogP contribution in [0.2, 0.25) is 0 Å². The number of carboxylic acids is 1. The second-order valence-electron chi connectivity index (χ2n) is 6.35. The van der Waals surface area contributed by atoms with Gasteiger partial charge in [-0.05, 0) is 17.5 Å². The summed E-state index contributed by atoms with van der Waals surface area (Å²) in [6.45, 7) is 0.0630. The van der Waals surface area contributed by atoms with Crippen LogP contribution in [0.5, 0.6) is 0 Å². The fourth-order valence-electron chi connectivity index (χ4n) is 2.62. The quantitative estimate of drug-likeness (QED) is 0.623. The Kier molecular flexibility index (Phi) is 7.70. The minimum Gasteiger partial charge on any atom is -0.481 e. The average molecular weight is 369 g/mol. The molecule has 0 fully saturated rings. The van der Waals surface area contributed by atoms with Crippen molar-refractivity contribution in [3.63, 3.8) is 0 Å². The maximum atomic E-state index is 12.3. The summed E-state index contributed by atoms with van der Waals surface area (Å²) in [5, 5.41) is 9.33. The number of esters is 1. The van der Waals surface area contributed by atoms with Crippen LogP contribution >= 0.6 is 0 Å². The summed E-state index contributed by atoms with van der Waals surface area (Å²) in [5.74, 6) is -3.41. The van der Waals surface area contributed by atoms with Crippen molar-refractivity contribution >= 4 is 17.7 Å². The average Bonchev–Trinajstić information content (AvgIpc) is 2.67. The molecule has 0 aliphatic rings. The zero-order valence-electron chi connectivity index (χ0n) is 14.9. The van der Waals surface area contributed by atoms with Crippen molar-refractivity contribution in [3.8, 4) is 0 Å². The van der Waals surface area contributed by atoms with Gasteiger partial charge in [0, 0.05) is 6.42 Å². The van der Waals surface area contributed by atoms with E-state index in [1.807, 2.05) is 48.5 Å². The van der Waals surface area contributed by atoms with Gasteiger partial charge in [0.25, 0.3) is 0 Å². The molecular weight excluding hydrogens is 346 g/mol. The number of carbonyl (C=O) groups excluding carboxylic acids is 2. The van der Waals surface area contributed by atoms with Crippen molar-refractivity contribution < 1.29 is 24.2 Å². The van der Waals surface area contributed by atoms with E-state index in [1.54, 1.807) is 12.1 Å². The number of Topliss-reactive ketones (excluding diaryl/α,β-unsaturated/α-hetero) is 1. The number of benzene rings is 2. The van der Waals surface area contributed by atoms with Crippen molar-refractivity contribution in [1.29, 1.82) is 0 Å². The summed E-state index contributed by atoms with van der Waals surface area (Å²) < 4.78 is 5.10. The van der Waals surface area contributed by atoms with Gasteiger partial charge in [-0.1, -0.05) is 60.7 Å². The van der Waals surface area contributed by atoms with Gasteiger partial charge in [0.1, 0.15) is 6.61 Å². The standard InChI is InChI=1S/C21H23NO5/c22-18(11-15-7-3-1-4-8-15)19(23)12-17(21(25)26)13-20(24)27-14-16-9-5-2-6-10-16/h1-10,17-18H,11-14,22H2,(H,25,26)/t17-,18+/m1/s1. The number of carbonyl (C=O) groups is 3. The lowest BCUT2D eigenvalue weighted by molar-refractivity contribution is -0.153. The molecule has 0 saturated carbocycles. The number of hydrogen-bond acceptors (Lipinski definition) is 5. The van der Waals surface area contributed by atoms with Gasteiger partial charge >= 0.3 is 11.9 Å². The third kappa shape index (κ3) is 7.03. The summed E-state index contributed by atoms with van der Waals surface area (Å²) in [5.41, 5.74) is 7.60. The maximum Gasteiger partial charge on any atom is 0.307 e. The fourth-order valence-corrected chi connectivity index (χ4v) is 2.62. The number of ketones is 1. The summed E-state index contributed by atoms with van der Waals surface area (Å²) >= 11 is 0. The summed E-state index contributed by atoms with van der Waals surface area (Å²) in [6.07, 6.45) is -0.347. The molecule has 0 aromatic heterocycles. The van der Waals surface area contributed by atoms with Gasteiger partial charge in [0.15, 0.2) is 5.78 Å². The molecule has 27 heavy (non-hydrogen) atoms.